The highest BCUT2D eigenvalue weighted by molar-refractivity contribution is 9.11. The summed E-state index contributed by atoms with van der Waals surface area (Å²) in [5.41, 5.74) is 0.716. The lowest BCUT2D eigenvalue weighted by Gasteiger charge is -2.20. The van der Waals surface area contributed by atoms with Crippen molar-refractivity contribution < 1.29 is 9.59 Å². The number of rotatable bonds is 3. The summed E-state index contributed by atoms with van der Waals surface area (Å²) in [6.07, 6.45) is 0.290. The molecule has 0 saturated carbocycles. The van der Waals surface area contributed by atoms with Gasteiger partial charge in [-0.25, -0.2) is 0 Å². The maximum absolute atomic E-state index is 12.2. The van der Waals surface area contributed by atoms with Crippen molar-refractivity contribution in [2.24, 2.45) is 5.92 Å². The average Bonchev–Trinajstić information content (AvgIpc) is 2.75. The number of hydrogen-bond donors (Lipinski definition) is 1. The molecule has 1 N–H and O–H groups in total. The van der Waals surface area contributed by atoms with E-state index >= 15 is 0 Å². The van der Waals surface area contributed by atoms with Crippen LogP contribution in [0.3, 0.4) is 0 Å². The van der Waals surface area contributed by atoms with E-state index in [1.807, 2.05) is 32.0 Å². The van der Waals surface area contributed by atoms with Gasteiger partial charge in [-0.2, -0.15) is 0 Å². The fourth-order valence-corrected chi connectivity index (χ4v) is 3.38. The minimum atomic E-state index is -0.277. The van der Waals surface area contributed by atoms with Crippen LogP contribution >= 0.6 is 31.9 Å². The molecule has 20 heavy (non-hydrogen) atoms. The zero-order valence-corrected chi connectivity index (χ0v) is 14.5. The Hall–Kier alpha value is -0.880. The predicted molar refractivity (Wildman–Crippen MR) is 85.4 cm³/mol. The Bertz CT molecular complexity index is 546. The molecule has 0 radical (unpaired) electrons. The van der Waals surface area contributed by atoms with Crippen LogP contribution in [0.2, 0.25) is 0 Å². The van der Waals surface area contributed by atoms with Gasteiger partial charge in [0.15, 0.2) is 0 Å². The zero-order valence-electron chi connectivity index (χ0n) is 11.3. The quantitative estimate of drug-likeness (QED) is 0.840. The molecule has 0 aromatic heterocycles. The molecule has 1 aromatic rings. The van der Waals surface area contributed by atoms with Gasteiger partial charge in [0.25, 0.3) is 0 Å². The second-order valence-corrected chi connectivity index (χ2v) is 6.92. The lowest BCUT2D eigenvalue weighted by molar-refractivity contribution is -0.129. The van der Waals surface area contributed by atoms with E-state index in [4.69, 9.17) is 0 Å². The highest BCUT2D eigenvalue weighted by atomic mass is 79.9. The fraction of sp³-hybridized carbons (Fsp3) is 0.429. The van der Waals surface area contributed by atoms with Crippen LogP contribution in [-0.4, -0.2) is 29.3 Å². The molecule has 2 rings (SSSR count). The van der Waals surface area contributed by atoms with Crippen LogP contribution in [0.15, 0.2) is 27.1 Å². The summed E-state index contributed by atoms with van der Waals surface area (Å²) in [5.74, 6) is -0.333. The first kappa shape index (κ1) is 15.5. The minimum Gasteiger partial charge on any atom is -0.339 e. The number of nitrogens with zero attached hydrogens (tertiary/aromatic N) is 1. The second-order valence-electron chi connectivity index (χ2n) is 5.15. The third-order valence-electron chi connectivity index (χ3n) is 3.34. The third kappa shape index (κ3) is 3.41. The SMILES string of the molecule is CC(C)N1CC(C(=O)Nc2ccc(Br)cc2Br)CC1=O. The normalized spacial score (nSPS) is 18.8. The van der Waals surface area contributed by atoms with E-state index in [2.05, 4.69) is 37.2 Å². The average molecular weight is 404 g/mol. The molecule has 1 unspecified atom stereocenters. The molecular formula is C14H16Br2N2O2. The molecule has 0 spiro atoms. The molecule has 1 atom stereocenters. The molecule has 1 fully saturated rings. The van der Waals surface area contributed by atoms with E-state index in [0.29, 0.717) is 12.2 Å². The van der Waals surface area contributed by atoms with Gasteiger partial charge in [-0.15, -0.1) is 0 Å². The smallest absolute Gasteiger partial charge is 0.229 e. The maximum Gasteiger partial charge on any atom is 0.229 e. The first-order valence-electron chi connectivity index (χ1n) is 6.44. The largest absolute Gasteiger partial charge is 0.339 e. The molecule has 1 heterocycles. The van der Waals surface area contributed by atoms with Crippen molar-refractivity contribution in [2.75, 3.05) is 11.9 Å². The van der Waals surface area contributed by atoms with Crippen molar-refractivity contribution in [3.8, 4) is 0 Å². The summed E-state index contributed by atoms with van der Waals surface area (Å²) in [4.78, 5) is 25.8. The number of nitrogens with one attached hydrogen (secondary N) is 1. The predicted octanol–water partition coefficient (Wildman–Crippen LogP) is 3.41. The van der Waals surface area contributed by atoms with Crippen LogP contribution in [0, 0.1) is 5.92 Å². The Labute approximate surface area is 135 Å². The highest BCUT2D eigenvalue weighted by Crippen LogP contribution is 2.28. The molecule has 1 aliphatic rings. The number of carbonyl (C=O) groups excluding carboxylic acids is 2. The monoisotopic (exact) mass is 402 g/mol. The van der Waals surface area contributed by atoms with Crippen LogP contribution in [0.1, 0.15) is 20.3 Å². The Balaban J connectivity index is 2.04. The lowest BCUT2D eigenvalue weighted by Crippen LogP contribution is -2.33. The molecule has 6 heteroatoms. The van der Waals surface area contributed by atoms with Gasteiger partial charge in [-0.1, -0.05) is 15.9 Å². The van der Waals surface area contributed by atoms with E-state index < -0.39 is 0 Å². The molecule has 0 aliphatic carbocycles. The summed E-state index contributed by atoms with van der Waals surface area (Å²) in [6.45, 7) is 4.42. The standard InChI is InChI=1S/C14H16Br2N2O2/c1-8(2)18-7-9(5-13(18)19)14(20)17-12-4-3-10(15)6-11(12)16/h3-4,6,8-9H,5,7H2,1-2H3,(H,17,20). The summed E-state index contributed by atoms with van der Waals surface area (Å²) in [5, 5.41) is 2.87. The number of hydrogen-bond acceptors (Lipinski definition) is 2. The van der Waals surface area contributed by atoms with Gasteiger partial charge in [-0.05, 0) is 48.0 Å². The van der Waals surface area contributed by atoms with Gasteiger partial charge in [0, 0.05) is 28.0 Å². The minimum absolute atomic E-state index is 0.0509. The number of benzene rings is 1. The number of likely N-dealkylation sites (tertiary alicyclic amines) is 1. The van der Waals surface area contributed by atoms with E-state index in [-0.39, 0.29) is 30.2 Å². The van der Waals surface area contributed by atoms with Crippen molar-refractivity contribution in [3.63, 3.8) is 0 Å². The summed E-state index contributed by atoms with van der Waals surface area (Å²) in [6, 6.07) is 5.69. The van der Waals surface area contributed by atoms with Crippen molar-refractivity contribution in [1.82, 2.24) is 4.90 Å². The Kier molecular flexibility index (Phi) is 4.86. The number of amides is 2. The molecule has 108 valence electrons. The van der Waals surface area contributed by atoms with Crippen molar-refractivity contribution >= 4 is 49.4 Å². The zero-order chi connectivity index (χ0) is 14.9. The van der Waals surface area contributed by atoms with Crippen LogP contribution in [0.5, 0.6) is 0 Å². The second kappa shape index (κ2) is 6.26. The molecule has 2 amide bonds. The Morgan fingerprint density at radius 3 is 2.65 bits per heavy atom. The van der Waals surface area contributed by atoms with Crippen molar-refractivity contribution in [3.05, 3.63) is 27.1 Å². The molecule has 0 bridgehead atoms. The fourth-order valence-electron chi connectivity index (χ4n) is 2.23. The number of halogens is 2. The van der Waals surface area contributed by atoms with Crippen LogP contribution in [-0.2, 0) is 9.59 Å². The molecular weight excluding hydrogens is 388 g/mol. The first-order valence-corrected chi connectivity index (χ1v) is 8.02. The third-order valence-corrected chi connectivity index (χ3v) is 4.49. The number of carbonyl (C=O) groups is 2. The Morgan fingerprint density at radius 2 is 2.10 bits per heavy atom. The van der Waals surface area contributed by atoms with Crippen LogP contribution < -0.4 is 5.32 Å². The van der Waals surface area contributed by atoms with E-state index in [1.165, 1.54) is 0 Å². The van der Waals surface area contributed by atoms with Gasteiger partial charge in [0.2, 0.25) is 11.8 Å². The summed E-state index contributed by atoms with van der Waals surface area (Å²) >= 11 is 6.78. The van der Waals surface area contributed by atoms with Gasteiger partial charge >= 0.3 is 0 Å². The van der Waals surface area contributed by atoms with Gasteiger partial charge in [0.1, 0.15) is 0 Å². The van der Waals surface area contributed by atoms with Crippen molar-refractivity contribution in [1.29, 1.82) is 0 Å². The van der Waals surface area contributed by atoms with Gasteiger partial charge in [0.05, 0.1) is 11.6 Å². The van der Waals surface area contributed by atoms with E-state index in [1.54, 1.807) is 4.90 Å². The molecule has 1 aromatic carbocycles. The molecule has 4 nitrogen and oxygen atoms in total. The summed E-state index contributed by atoms with van der Waals surface area (Å²) < 4.78 is 1.75. The molecule has 1 aliphatic heterocycles. The Morgan fingerprint density at radius 1 is 1.40 bits per heavy atom. The first-order chi connectivity index (χ1) is 9.38. The van der Waals surface area contributed by atoms with E-state index in [0.717, 1.165) is 8.95 Å². The highest BCUT2D eigenvalue weighted by Gasteiger charge is 2.35. The van der Waals surface area contributed by atoms with Crippen LogP contribution in [0.25, 0.3) is 0 Å². The number of anilines is 1. The maximum atomic E-state index is 12.2. The van der Waals surface area contributed by atoms with Gasteiger partial charge < -0.3 is 10.2 Å². The van der Waals surface area contributed by atoms with Crippen LogP contribution in [0.4, 0.5) is 5.69 Å². The van der Waals surface area contributed by atoms with Gasteiger partial charge in [-0.3, -0.25) is 9.59 Å². The topological polar surface area (TPSA) is 49.4 Å². The molecule has 1 saturated heterocycles. The lowest BCUT2D eigenvalue weighted by atomic mass is 10.1. The van der Waals surface area contributed by atoms with E-state index in [9.17, 15) is 9.59 Å². The van der Waals surface area contributed by atoms with Crippen molar-refractivity contribution in [2.45, 2.75) is 26.3 Å². The summed E-state index contributed by atoms with van der Waals surface area (Å²) in [7, 11) is 0.